The molecule has 0 amide bonds. The maximum atomic E-state index is 14.5. The quantitative estimate of drug-likeness (QED) is 0.192. The number of hydrogen-bond donors (Lipinski definition) is 1. The number of aliphatic carboxylic acids is 1. The molecule has 0 aliphatic rings. The fourth-order valence-electron chi connectivity index (χ4n) is 5.34. The average molecular weight is 584 g/mol. The van der Waals surface area contributed by atoms with Gasteiger partial charge in [-0.05, 0) is 73.2 Å². The molecule has 5 rings (SSSR count). The third kappa shape index (κ3) is 5.68. The molecule has 0 aliphatic heterocycles. The van der Waals surface area contributed by atoms with Crippen LogP contribution in [-0.2, 0) is 27.8 Å². The highest BCUT2D eigenvalue weighted by Gasteiger charge is 2.38. The summed E-state index contributed by atoms with van der Waals surface area (Å²) in [4.78, 5) is 12.8. The summed E-state index contributed by atoms with van der Waals surface area (Å²) < 4.78 is 41.5. The molecule has 7 nitrogen and oxygen atoms in total. The molecule has 8 heteroatoms. The van der Waals surface area contributed by atoms with Gasteiger partial charge in [0.25, 0.3) is 0 Å². The fraction of sp³-hybridized carbons (Fsp3) is 0.206. The summed E-state index contributed by atoms with van der Waals surface area (Å²) in [7, 11) is -2.73. The van der Waals surface area contributed by atoms with Crippen molar-refractivity contribution in [3.63, 3.8) is 0 Å². The Morgan fingerprint density at radius 2 is 1.55 bits per heavy atom. The van der Waals surface area contributed by atoms with Crippen LogP contribution < -0.4 is 4.74 Å². The van der Waals surface area contributed by atoms with Crippen LogP contribution in [0.1, 0.15) is 27.8 Å². The van der Waals surface area contributed by atoms with Gasteiger partial charge in [-0.15, -0.1) is 0 Å². The molecular formula is C34H33NO6S. The summed E-state index contributed by atoms with van der Waals surface area (Å²) in [5.74, 6) is 0.0530. The highest BCUT2D eigenvalue weighted by molar-refractivity contribution is 7.89. The van der Waals surface area contributed by atoms with Gasteiger partial charge in [-0.2, -0.15) is 4.31 Å². The molecule has 1 N–H and O–H groups in total. The van der Waals surface area contributed by atoms with Crippen molar-refractivity contribution in [1.29, 1.82) is 0 Å². The Bertz CT molecular complexity index is 1810. The molecular weight excluding hydrogens is 550 g/mol. The molecule has 0 saturated heterocycles. The lowest BCUT2D eigenvalue weighted by atomic mass is 10.0. The molecule has 1 heterocycles. The molecule has 4 aromatic carbocycles. The van der Waals surface area contributed by atoms with Crippen molar-refractivity contribution in [1.82, 2.24) is 4.31 Å². The zero-order chi connectivity index (χ0) is 30.0. The van der Waals surface area contributed by atoms with Crippen LogP contribution in [0.25, 0.3) is 22.3 Å². The van der Waals surface area contributed by atoms with Gasteiger partial charge in [-0.1, -0.05) is 72.8 Å². The maximum Gasteiger partial charge on any atom is 0.322 e. The van der Waals surface area contributed by atoms with Crippen LogP contribution in [0.4, 0.5) is 0 Å². The van der Waals surface area contributed by atoms with Gasteiger partial charge in [0.1, 0.15) is 23.1 Å². The minimum absolute atomic E-state index is 0.0136. The van der Waals surface area contributed by atoms with Gasteiger partial charge in [0, 0.05) is 17.5 Å². The van der Waals surface area contributed by atoms with Crippen LogP contribution in [0.3, 0.4) is 0 Å². The minimum Gasteiger partial charge on any atom is -0.496 e. The summed E-state index contributed by atoms with van der Waals surface area (Å²) in [6.45, 7) is 5.10. The Morgan fingerprint density at radius 1 is 0.881 bits per heavy atom. The van der Waals surface area contributed by atoms with Gasteiger partial charge in [-0.25, -0.2) is 8.42 Å². The van der Waals surface area contributed by atoms with Gasteiger partial charge in [0.05, 0.1) is 12.0 Å². The number of benzene rings is 4. The van der Waals surface area contributed by atoms with E-state index in [0.29, 0.717) is 33.8 Å². The number of methoxy groups -OCH3 is 1. The molecule has 216 valence electrons. The second kappa shape index (κ2) is 11.8. The summed E-state index contributed by atoms with van der Waals surface area (Å²) in [6, 6.07) is 26.4. The number of para-hydroxylation sites is 1. The van der Waals surface area contributed by atoms with Crippen LogP contribution in [0, 0.1) is 20.8 Å². The number of nitrogens with zero attached hydrogens (tertiary/aromatic N) is 1. The van der Waals surface area contributed by atoms with E-state index >= 15 is 0 Å². The summed E-state index contributed by atoms with van der Waals surface area (Å²) in [5.41, 5.74) is 4.69. The SMILES string of the molecule is COc1cc(C)c(S(=O)(=O)N(Cc2ccc(-c3cc4ccccc4o3)cc2)[C@H](Cc2ccccc2)C(=O)O)c(C)c1C. The van der Waals surface area contributed by atoms with Crippen molar-refractivity contribution in [3.8, 4) is 17.1 Å². The maximum absolute atomic E-state index is 14.5. The number of ether oxygens (including phenoxy) is 1. The normalized spacial score (nSPS) is 12.5. The number of hydrogen-bond acceptors (Lipinski definition) is 5. The third-order valence-corrected chi connectivity index (χ3v) is 9.82. The van der Waals surface area contributed by atoms with Crippen molar-refractivity contribution >= 4 is 27.0 Å². The lowest BCUT2D eigenvalue weighted by Crippen LogP contribution is -2.46. The first-order valence-electron chi connectivity index (χ1n) is 13.6. The number of carboxylic acids is 1. The first-order chi connectivity index (χ1) is 20.1. The van der Waals surface area contributed by atoms with E-state index in [2.05, 4.69) is 0 Å². The van der Waals surface area contributed by atoms with Crippen molar-refractivity contribution in [3.05, 3.63) is 119 Å². The largest absolute Gasteiger partial charge is 0.496 e. The lowest BCUT2D eigenvalue weighted by molar-refractivity contribution is -0.141. The van der Waals surface area contributed by atoms with E-state index in [-0.39, 0.29) is 17.9 Å². The molecule has 1 atom stereocenters. The van der Waals surface area contributed by atoms with E-state index in [0.717, 1.165) is 26.4 Å². The van der Waals surface area contributed by atoms with E-state index in [4.69, 9.17) is 9.15 Å². The first-order valence-corrected chi connectivity index (χ1v) is 15.1. The molecule has 0 aliphatic carbocycles. The Morgan fingerprint density at radius 3 is 2.19 bits per heavy atom. The van der Waals surface area contributed by atoms with Crippen molar-refractivity contribution in [2.45, 2.75) is 44.7 Å². The summed E-state index contributed by atoms with van der Waals surface area (Å²) in [5, 5.41) is 11.4. The topological polar surface area (TPSA) is 97.1 Å². The Labute approximate surface area is 246 Å². The Balaban J connectivity index is 1.57. The van der Waals surface area contributed by atoms with Crippen LogP contribution in [0.15, 0.2) is 100 Å². The predicted octanol–water partition coefficient (Wildman–Crippen LogP) is 6.92. The number of rotatable bonds is 10. The van der Waals surface area contributed by atoms with Crippen molar-refractivity contribution in [2.24, 2.45) is 0 Å². The minimum atomic E-state index is -4.27. The second-order valence-electron chi connectivity index (χ2n) is 10.4. The number of carbonyl (C=O) groups is 1. The Hall–Kier alpha value is -4.40. The molecule has 0 bridgehead atoms. The smallest absolute Gasteiger partial charge is 0.322 e. The monoisotopic (exact) mass is 583 g/mol. The molecule has 0 fully saturated rings. The zero-order valence-corrected chi connectivity index (χ0v) is 24.8. The van der Waals surface area contributed by atoms with Crippen molar-refractivity contribution in [2.75, 3.05) is 7.11 Å². The van der Waals surface area contributed by atoms with Crippen molar-refractivity contribution < 1.29 is 27.5 Å². The number of furan rings is 1. The molecule has 1 aromatic heterocycles. The van der Waals surface area contributed by atoms with Crippen LogP contribution in [0.5, 0.6) is 5.75 Å². The van der Waals surface area contributed by atoms with Crippen LogP contribution in [0.2, 0.25) is 0 Å². The van der Waals surface area contributed by atoms with E-state index in [9.17, 15) is 18.3 Å². The van der Waals surface area contributed by atoms with E-state index in [1.807, 2.05) is 72.8 Å². The Kier molecular flexibility index (Phi) is 8.20. The van der Waals surface area contributed by atoms with Gasteiger partial charge >= 0.3 is 5.97 Å². The fourth-order valence-corrected chi connectivity index (χ4v) is 7.40. The lowest BCUT2D eigenvalue weighted by Gasteiger charge is -2.30. The van der Waals surface area contributed by atoms with Gasteiger partial charge in [0.15, 0.2) is 0 Å². The first kappa shape index (κ1) is 29.1. The van der Waals surface area contributed by atoms with E-state index < -0.39 is 22.0 Å². The van der Waals surface area contributed by atoms with E-state index in [1.54, 1.807) is 39.0 Å². The average Bonchev–Trinajstić information content (AvgIpc) is 3.42. The highest BCUT2D eigenvalue weighted by atomic mass is 32.2. The molecule has 42 heavy (non-hydrogen) atoms. The number of carboxylic acid groups (broad SMARTS) is 1. The van der Waals surface area contributed by atoms with E-state index in [1.165, 1.54) is 7.11 Å². The van der Waals surface area contributed by atoms with Gasteiger partial charge in [0.2, 0.25) is 10.0 Å². The molecule has 5 aromatic rings. The molecule has 0 unspecified atom stereocenters. The highest BCUT2D eigenvalue weighted by Crippen LogP contribution is 2.35. The van der Waals surface area contributed by atoms with Crippen LogP contribution >= 0.6 is 0 Å². The second-order valence-corrected chi connectivity index (χ2v) is 12.2. The summed E-state index contributed by atoms with van der Waals surface area (Å²) in [6.07, 6.45) is 0.0136. The third-order valence-electron chi connectivity index (χ3n) is 7.67. The number of aryl methyl sites for hydroxylation is 1. The number of sulfonamides is 1. The zero-order valence-electron chi connectivity index (χ0n) is 24.0. The standard InChI is InChI=1S/C34H33NO6S/c1-22-18-31(40-4)23(2)24(3)33(22)42(38,39)35(29(34(36)37)19-25-10-6-5-7-11-25)21-26-14-16-27(17-15-26)32-20-28-12-8-9-13-30(28)41-32/h5-18,20,29H,19,21H2,1-4H3,(H,36,37)/t29-/m1/s1. The van der Waals surface area contributed by atoms with Crippen LogP contribution in [-0.4, -0.2) is 37.0 Å². The molecule has 0 spiro atoms. The molecule has 0 saturated carbocycles. The van der Waals surface area contributed by atoms with Gasteiger partial charge < -0.3 is 14.3 Å². The predicted molar refractivity (Wildman–Crippen MR) is 163 cm³/mol. The van der Waals surface area contributed by atoms with Gasteiger partial charge in [-0.3, -0.25) is 4.79 Å². The molecule has 0 radical (unpaired) electrons. The number of fused-ring (bicyclic) bond motifs is 1. The summed E-state index contributed by atoms with van der Waals surface area (Å²) >= 11 is 0.